The summed E-state index contributed by atoms with van der Waals surface area (Å²) in [6.07, 6.45) is 6.44. The molecule has 0 spiro atoms. The molecule has 2 aliphatic heterocycles. The van der Waals surface area contributed by atoms with Crippen molar-refractivity contribution in [2.45, 2.75) is 25.2 Å². The van der Waals surface area contributed by atoms with Crippen LogP contribution in [0.3, 0.4) is 0 Å². The van der Waals surface area contributed by atoms with Gasteiger partial charge in [0.1, 0.15) is 11.7 Å². The van der Waals surface area contributed by atoms with E-state index in [0.29, 0.717) is 17.1 Å². The van der Waals surface area contributed by atoms with Crippen LogP contribution in [0.2, 0.25) is 0 Å². The summed E-state index contributed by atoms with van der Waals surface area (Å²) in [5.41, 5.74) is 0.628. The first kappa shape index (κ1) is 16.3. The first-order chi connectivity index (χ1) is 12.7. The van der Waals surface area contributed by atoms with Gasteiger partial charge in [0.2, 0.25) is 11.9 Å². The Labute approximate surface area is 149 Å². The number of carbonyl (C=O) groups excluding carboxylic acids is 1. The monoisotopic (exact) mass is 350 g/mol. The Balaban J connectivity index is 1.84. The van der Waals surface area contributed by atoms with E-state index in [2.05, 4.69) is 20.3 Å². The Bertz CT molecular complexity index is 927. The maximum atomic E-state index is 12.9. The van der Waals surface area contributed by atoms with Gasteiger partial charge < -0.3 is 10.2 Å². The highest BCUT2D eigenvalue weighted by Crippen LogP contribution is 2.37. The Kier molecular flexibility index (Phi) is 4.13. The molecule has 4 heterocycles. The minimum atomic E-state index is -1.00. The molecule has 0 saturated carbocycles. The highest BCUT2D eigenvalue weighted by Gasteiger charge is 2.40. The highest BCUT2D eigenvalue weighted by atomic mass is 16.2. The first-order valence-electron chi connectivity index (χ1n) is 8.68. The second-order valence-electron chi connectivity index (χ2n) is 6.56. The molecule has 26 heavy (non-hydrogen) atoms. The van der Waals surface area contributed by atoms with E-state index in [-0.39, 0.29) is 11.4 Å². The average molecular weight is 350 g/mol. The zero-order valence-electron chi connectivity index (χ0n) is 14.1. The summed E-state index contributed by atoms with van der Waals surface area (Å²) in [7, 11) is 0. The molecule has 2 aromatic rings. The second-order valence-corrected chi connectivity index (χ2v) is 6.56. The van der Waals surface area contributed by atoms with Crippen molar-refractivity contribution in [1.29, 1.82) is 5.26 Å². The van der Waals surface area contributed by atoms with Crippen LogP contribution >= 0.6 is 0 Å². The number of nitriles is 1. The Morgan fingerprint density at radius 2 is 2.04 bits per heavy atom. The molecule has 8 nitrogen and oxygen atoms in total. The number of piperidine rings is 1. The third-order valence-corrected chi connectivity index (χ3v) is 4.95. The van der Waals surface area contributed by atoms with Crippen LogP contribution in [0.25, 0.3) is 0 Å². The van der Waals surface area contributed by atoms with Crippen LogP contribution in [-0.4, -0.2) is 33.9 Å². The van der Waals surface area contributed by atoms with Crippen LogP contribution in [0.15, 0.2) is 29.3 Å². The second kappa shape index (κ2) is 6.59. The molecule has 0 unspecified atom stereocenters. The smallest absolute Gasteiger partial charge is 0.258 e. The molecular formula is C18H18N6O2. The number of hydrogen-bond donors (Lipinski definition) is 2. The Morgan fingerprint density at radius 3 is 2.73 bits per heavy atom. The summed E-state index contributed by atoms with van der Waals surface area (Å²) in [6.45, 7) is 1.64. The number of fused-ring (bicyclic) bond motifs is 1. The maximum absolute atomic E-state index is 12.9. The lowest BCUT2D eigenvalue weighted by atomic mass is 9.80. The number of hydrogen-bond acceptors (Lipinski definition) is 6. The molecule has 8 heteroatoms. The number of pyridine rings is 1. The third kappa shape index (κ3) is 2.71. The summed E-state index contributed by atoms with van der Waals surface area (Å²) >= 11 is 0. The Hall–Kier alpha value is -3.21. The number of nitrogens with one attached hydrogen (secondary N) is 2. The number of amides is 1. The normalized spacial score (nSPS) is 22.3. The molecule has 1 amide bonds. The van der Waals surface area contributed by atoms with Crippen LogP contribution in [0.4, 0.5) is 11.8 Å². The van der Waals surface area contributed by atoms with Crippen LogP contribution in [0.5, 0.6) is 0 Å². The number of carbonyl (C=O) groups is 1. The number of aromatic nitrogens is 3. The molecule has 4 rings (SSSR count). The van der Waals surface area contributed by atoms with Crippen molar-refractivity contribution in [1.82, 2.24) is 15.0 Å². The fourth-order valence-corrected chi connectivity index (χ4v) is 3.67. The highest BCUT2D eigenvalue weighted by molar-refractivity contribution is 5.97. The fourth-order valence-electron chi connectivity index (χ4n) is 3.67. The van der Waals surface area contributed by atoms with Gasteiger partial charge in [-0.3, -0.25) is 19.6 Å². The molecule has 0 radical (unpaired) electrons. The molecule has 132 valence electrons. The number of aromatic amines is 1. The number of nitrogens with zero attached hydrogens (tertiary/aromatic N) is 4. The van der Waals surface area contributed by atoms with Crippen LogP contribution in [0, 0.1) is 17.2 Å². The minimum absolute atomic E-state index is 0.236. The van der Waals surface area contributed by atoms with E-state index in [4.69, 9.17) is 0 Å². The van der Waals surface area contributed by atoms with Crippen molar-refractivity contribution < 1.29 is 4.79 Å². The van der Waals surface area contributed by atoms with Crippen LogP contribution in [-0.2, 0) is 4.79 Å². The molecule has 0 aliphatic carbocycles. The fraction of sp³-hybridized carbons (Fsp3) is 0.389. The molecule has 1 saturated heterocycles. The van der Waals surface area contributed by atoms with Crippen LogP contribution in [0.1, 0.15) is 36.3 Å². The molecule has 2 N–H and O–H groups in total. The molecule has 2 atom stereocenters. The van der Waals surface area contributed by atoms with E-state index in [9.17, 15) is 14.9 Å². The van der Waals surface area contributed by atoms with E-state index in [1.165, 1.54) is 0 Å². The standard InChI is InChI=1S/C18H18N6O2/c19-9-12-13(11-5-4-6-20-10-11)14-15(21-16(12)25)22-18(23-17(14)26)24-7-2-1-3-8-24/h4-6,10,12-13H,1-3,7-8H2,(H2,21,22,23,25,26)/t12-,13-/m1/s1. The quantitative estimate of drug-likeness (QED) is 0.845. The van der Waals surface area contributed by atoms with Crippen molar-refractivity contribution in [2.75, 3.05) is 23.3 Å². The Morgan fingerprint density at radius 1 is 1.23 bits per heavy atom. The van der Waals surface area contributed by atoms with Gasteiger partial charge in [-0.1, -0.05) is 6.07 Å². The summed E-state index contributed by atoms with van der Waals surface area (Å²) in [5, 5.41) is 12.1. The van der Waals surface area contributed by atoms with Gasteiger partial charge >= 0.3 is 0 Å². The topological polar surface area (TPSA) is 115 Å². The van der Waals surface area contributed by atoms with Gasteiger partial charge in [-0.05, 0) is 30.9 Å². The lowest BCUT2D eigenvalue weighted by molar-refractivity contribution is -0.119. The van der Waals surface area contributed by atoms with Crippen LogP contribution < -0.4 is 15.8 Å². The third-order valence-electron chi connectivity index (χ3n) is 4.95. The summed E-state index contributed by atoms with van der Waals surface area (Å²) < 4.78 is 0. The lowest BCUT2D eigenvalue weighted by Crippen LogP contribution is -2.40. The molecule has 2 aromatic heterocycles. The average Bonchev–Trinajstić information content (AvgIpc) is 2.68. The molecule has 0 aromatic carbocycles. The first-order valence-corrected chi connectivity index (χ1v) is 8.68. The molecule has 0 bridgehead atoms. The van der Waals surface area contributed by atoms with E-state index in [1.54, 1.807) is 24.5 Å². The summed E-state index contributed by atoms with van der Waals surface area (Å²) in [5.74, 6) is -1.44. The van der Waals surface area contributed by atoms with E-state index >= 15 is 0 Å². The largest absolute Gasteiger partial charge is 0.342 e. The van der Waals surface area contributed by atoms with E-state index < -0.39 is 17.7 Å². The SMILES string of the molecule is N#C[C@H]1C(=O)Nc2nc(N3CCCCC3)[nH]c(=O)c2[C@@H]1c1cccnc1. The number of rotatable bonds is 2. The van der Waals surface area contributed by atoms with Gasteiger partial charge in [0.25, 0.3) is 5.56 Å². The zero-order valence-corrected chi connectivity index (χ0v) is 14.1. The predicted molar refractivity (Wildman–Crippen MR) is 94.7 cm³/mol. The van der Waals surface area contributed by atoms with Crippen molar-refractivity contribution in [3.63, 3.8) is 0 Å². The zero-order chi connectivity index (χ0) is 18.1. The predicted octanol–water partition coefficient (Wildman–Crippen LogP) is 1.38. The van der Waals surface area contributed by atoms with Gasteiger partial charge in [0, 0.05) is 31.4 Å². The van der Waals surface area contributed by atoms with E-state index in [0.717, 1.165) is 32.4 Å². The number of anilines is 2. The van der Waals surface area contributed by atoms with Gasteiger partial charge in [0.15, 0.2) is 0 Å². The van der Waals surface area contributed by atoms with Crippen molar-refractivity contribution >= 4 is 17.7 Å². The molecule has 2 aliphatic rings. The van der Waals surface area contributed by atoms with Gasteiger partial charge in [-0.15, -0.1) is 0 Å². The molecule has 1 fully saturated rings. The molecular weight excluding hydrogens is 332 g/mol. The van der Waals surface area contributed by atoms with Crippen molar-refractivity contribution in [3.8, 4) is 6.07 Å². The summed E-state index contributed by atoms with van der Waals surface area (Å²) in [6, 6.07) is 5.51. The number of H-pyrrole nitrogens is 1. The van der Waals surface area contributed by atoms with E-state index in [1.807, 2.05) is 11.0 Å². The van der Waals surface area contributed by atoms with Gasteiger partial charge in [-0.2, -0.15) is 10.2 Å². The van der Waals surface area contributed by atoms with Crippen molar-refractivity contribution in [2.24, 2.45) is 5.92 Å². The van der Waals surface area contributed by atoms with Crippen molar-refractivity contribution in [3.05, 3.63) is 46.0 Å². The lowest BCUT2D eigenvalue weighted by Gasteiger charge is -2.31. The maximum Gasteiger partial charge on any atom is 0.258 e. The van der Waals surface area contributed by atoms with Gasteiger partial charge in [0.05, 0.1) is 11.6 Å². The minimum Gasteiger partial charge on any atom is -0.342 e. The summed E-state index contributed by atoms with van der Waals surface area (Å²) in [4.78, 5) is 38.8. The van der Waals surface area contributed by atoms with Gasteiger partial charge in [-0.25, -0.2) is 0 Å².